The lowest BCUT2D eigenvalue weighted by molar-refractivity contribution is -0.122. The summed E-state index contributed by atoms with van der Waals surface area (Å²) in [4.78, 5) is 38.5. The first kappa shape index (κ1) is 19.6. The van der Waals surface area contributed by atoms with Crippen LogP contribution in [-0.4, -0.2) is 31.4 Å². The molecule has 1 N–H and O–H groups in total. The zero-order chi connectivity index (χ0) is 20.3. The highest BCUT2D eigenvalue weighted by molar-refractivity contribution is 6.04. The van der Waals surface area contributed by atoms with Crippen LogP contribution in [0.4, 0.5) is 11.4 Å². The fourth-order valence-electron chi connectivity index (χ4n) is 3.28. The van der Waals surface area contributed by atoms with Crippen LogP contribution in [0, 0.1) is 12.8 Å². The van der Waals surface area contributed by atoms with E-state index < -0.39 is 11.9 Å². The molecule has 1 atom stereocenters. The standard InChI is InChI=1S/C22H24N2O4/c1-4-15-6-9-18(10-7-15)24-13-17(12-20(24)25)21(26)23-19-11-16(22(27)28-3)8-5-14(19)2/h5-11,17H,4,12-13H2,1-3H3,(H,23,26)/t17-/m0/s1. The van der Waals surface area contributed by atoms with E-state index in [1.807, 2.05) is 31.2 Å². The summed E-state index contributed by atoms with van der Waals surface area (Å²) in [5.74, 6) is -1.21. The Hall–Kier alpha value is -3.15. The summed E-state index contributed by atoms with van der Waals surface area (Å²) in [6.07, 6.45) is 1.10. The van der Waals surface area contributed by atoms with E-state index in [0.717, 1.165) is 17.7 Å². The molecular weight excluding hydrogens is 356 g/mol. The number of hydrogen-bond donors (Lipinski definition) is 1. The molecule has 2 aromatic rings. The highest BCUT2D eigenvalue weighted by Crippen LogP contribution is 2.27. The highest BCUT2D eigenvalue weighted by Gasteiger charge is 2.35. The van der Waals surface area contributed by atoms with Crippen LogP contribution in [0.15, 0.2) is 42.5 Å². The number of ether oxygens (including phenoxy) is 1. The molecule has 1 fully saturated rings. The molecule has 0 aliphatic carbocycles. The Labute approximate surface area is 164 Å². The van der Waals surface area contributed by atoms with E-state index in [2.05, 4.69) is 12.2 Å². The number of nitrogens with one attached hydrogen (secondary N) is 1. The Bertz CT molecular complexity index is 905. The van der Waals surface area contributed by atoms with Gasteiger partial charge in [-0.25, -0.2) is 4.79 Å². The third-order valence-electron chi connectivity index (χ3n) is 5.07. The molecule has 1 saturated heterocycles. The molecule has 146 valence electrons. The van der Waals surface area contributed by atoms with Crippen molar-refractivity contribution in [3.8, 4) is 0 Å². The maximum Gasteiger partial charge on any atom is 0.337 e. The van der Waals surface area contributed by atoms with E-state index in [1.54, 1.807) is 23.1 Å². The zero-order valence-electron chi connectivity index (χ0n) is 16.3. The monoisotopic (exact) mass is 380 g/mol. The van der Waals surface area contributed by atoms with Gasteiger partial charge in [-0.05, 0) is 48.7 Å². The van der Waals surface area contributed by atoms with Crippen molar-refractivity contribution in [2.24, 2.45) is 5.92 Å². The Balaban J connectivity index is 1.72. The molecule has 1 aliphatic heterocycles. The van der Waals surface area contributed by atoms with Crippen molar-refractivity contribution in [2.45, 2.75) is 26.7 Å². The molecule has 2 aromatic carbocycles. The van der Waals surface area contributed by atoms with Crippen molar-refractivity contribution in [3.63, 3.8) is 0 Å². The minimum absolute atomic E-state index is 0.0653. The second-order valence-electron chi connectivity index (χ2n) is 6.94. The topological polar surface area (TPSA) is 75.7 Å². The lowest BCUT2D eigenvalue weighted by atomic mass is 10.1. The third kappa shape index (κ3) is 4.06. The van der Waals surface area contributed by atoms with Gasteiger partial charge in [0.2, 0.25) is 11.8 Å². The van der Waals surface area contributed by atoms with Crippen LogP contribution in [0.5, 0.6) is 0 Å². The van der Waals surface area contributed by atoms with Gasteiger partial charge in [-0.1, -0.05) is 25.1 Å². The van der Waals surface area contributed by atoms with Crippen LogP contribution in [0.1, 0.15) is 34.8 Å². The average molecular weight is 380 g/mol. The van der Waals surface area contributed by atoms with Gasteiger partial charge in [0, 0.05) is 24.3 Å². The normalized spacial score (nSPS) is 16.2. The number of methoxy groups -OCH3 is 1. The van der Waals surface area contributed by atoms with E-state index in [1.165, 1.54) is 12.7 Å². The SMILES string of the molecule is CCc1ccc(N2C[C@@H](C(=O)Nc3cc(C(=O)OC)ccc3C)CC2=O)cc1. The molecule has 0 unspecified atom stereocenters. The van der Waals surface area contributed by atoms with Crippen molar-refractivity contribution in [3.05, 3.63) is 59.2 Å². The number of hydrogen-bond acceptors (Lipinski definition) is 4. The summed E-state index contributed by atoms with van der Waals surface area (Å²) in [6, 6.07) is 12.8. The van der Waals surface area contributed by atoms with Crippen molar-refractivity contribution in [1.29, 1.82) is 0 Å². The molecular formula is C22H24N2O4. The Kier molecular flexibility index (Phi) is 5.78. The molecule has 6 nitrogen and oxygen atoms in total. The van der Waals surface area contributed by atoms with Crippen molar-refractivity contribution in [1.82, 2.24) is 0 Å². The fourth-order valence-corrected chi connectivity index (χ4v) is 3.28. The molecule has 0 saturated carbocycles. The molecule has 0 radical (unpaired) electrons. The largest absolute Gasteiger partial charge is 0.465 e. The van der Waals surface area contributed by atoms with Gasteiger partial charge in [-0.2, -0.15) is 0 Å². The van der Waals surface area contributed by atoms with E-state index in [9.17, 15) is 14.4 Å². The molecule has 28 heavy (non-hydrogen) atoms. The Morgan fingerprint density at radius 2 is 1.89 bits per heavy atom. The first-order valence-electron chi connectivity index (χ1n) is 9.32. The highest BCUT2D eigenvalue weighted by atomic mass is 16.5. The molecule has 6 heteroatoms. The molecule has 0 aromatic heterocycles. The quantitative estimate of drug-likeness (QED) is 0.808. The van der Waals surface area contributed by atoms with Gasteiger partial charge in [0.1, 0.15) is 0 Å². The summed E-state index contributed by atoms with van der Waals surface area (Å²) in [5.41, 5.74) is 3.75. The first-order valence-corrected chi connectivity index (χ1v) is 9.32. The van der Waals surface area contributed by atoms with Gasteiger partial charge in [0.15, 0.2) is 0 Å². The maximum absolute atomic E-state index is 12.7. The molecule has 3 rings (SSSR count). The summed E-state index contributed by atoms with van der Waals surface area (Å²) in [6.45, 7) is 4.26. The zero-order valence-corrected chi connectivity index (χ0v) is 16.3. The Morgan fingerprint density at radius 3 is 2.54 bits per heavy atom. The summed E-state index contributed by atoms with van der Waals surface area (Å²) in [7, 11) is 1.31. The van der Waals surface area contributed by atoms with Gasteiger partial charge < -0.3 is 15.0 Å². The van der Waals surface area contributed by atoms with E-state index >= 15 is 0 Å². The van der Waals surface area contributed by atoms with Crippen LogP contribution in [0.25, 0.3) is 0 Å². The smallest absolute Gasteiger partial charge is 0.337 e. The van der Waals surface area contributed by atoms with E-state index in [-0.39, 0.29) is 18.2 Å². The number of carbonyl (C=O) groups is 3. The summed E-state index contributed by atoms with van der Waals surface area (Å²) >= 11 is 0. The van der Waals surface area contributed by atoms with Gasteiger partial charge in [0.25, 0.3) is 0 Å². The average Bonchev–Trinajstić information content (AvgIpc) is 3.11. The number of esters is 1. The predicted octanol–water partition coefficient (Wildman–Crippen LogP) is 3.34. The van der Waals surface area contributed by atoms with Crippen LogP contribution >= 0.6 is 0 Å². The van der Waals surface area contributed by atoms with Gasteiger partial charge in [-0.15, -0.1) is 0 Å². The van der Waals surface area contributed by atoms with Crippen molar-refractivity contribution >= 4 is 29.2 Å². The predicted molar refractivity (Wildman–Crippen MR) is 107 cm³/mol. The second kappa shape index (κ2) is 8.25. The molecule has 0 spiro atoms. The third-order valence-corrected chi connectivity index (χ3v) is 5.07. The maximum atomic E-state index is 12.7. The lowest BCUT2D eigenvalue weighted by Crippen LogP contribution is -2.28. The van der Waals surface area contributed by atoms with Gasteiger partial charge >= 0.3 is 5.97 Å². The van der Waals surface area contributed by atoms with Crippen LogP contribution in [0.3, 0.4) is 0 Å². The van der Waals surface area contributed by atoms with Crippen molar-refractivity contribution < 1.29 is 19.1 Å². The number of carbonyl (C=O) groups excluding carboxylic acids is 3. The van der Waals surface area contributed by atoms with Crippen LogP contribution in [-0.2, 0) is 20.7 Å². The van der Waals surface area contributed by atoms with Gasteiger partial charge in [-0.3, -0.25) is 9.59 Å². The number of aryl methyl sites for hydroxylation is 2. The summed E-state index contributed by atoms with van der Waals surface area (Å²) in [5, 5.41) is 2.86. The molecule has 0 bridgehead atoms. The molecule has 2 amide bonds. The minimum Gasteiger partial charge on any atom is -0.465 e. The second-order valence-corrected chi connectivity index (χ2v) is 6.94. The minimum atomic E-state index is -0.465. The number of nitrogens with zero attached hydrogens (tertiary/aromatic N) is 1. The number of benzene rings is 2. The van der Waals surface area contributed by atoms with Crippen LogP contribution in [0.2, 0.25) is 0 Å². The first-order chi connectivity index (χ1) is 13.4. The van der Waals surface area contributed by atoms with Crippen LogP contribution < -0.4 is 10.2 Å². The van der Waals surface area contributed by atoms with E-state index in [4.69, 9.17) is 4.74 Å². The number of amides is 2. The lowest BCUT2D eigenvalue weighted by Gasteiger charge is -2.17. The van der Waals surface area contributed by atoms with Gasteiger partial charge in [0.05, 0.1) is 18.6 Å². The number of anilines is 2. The Morgan fingerprint density at radius 1 is 1.18 bits per heavy atom. The molecule has 1 heterocycles. The summed E-state index contributed by atoms with van der Waals surface area (Å²) < 4.78 is 4.73. The number of rotatable bonds is 5. The fraction of sp³-hybridized carbons (Fsp3) is 0.318. The van der Waals surface area contributed by atoms with E-state index in [0.29, 0.717) is 17.8 Å². The van der Waals surface area contributed by atoms with Crippen molar-refractivity contribution in [2.75, 3.05) is 23.9 Å². The molecule has 1 aliphatic rings.